The van der Waals surface area contributed by atoms with Crippen molar-refractivity contribution in [3.05, 3.63) is 29.8 Å². The molecule has 138 valence electrons. The molecule has 1 aliphatic heterocycles. The Hall–Kier alpha value is -2.04. The predicted octanol–water partition coefficient (Wildman–Crippen LogP) is 2.78. The van der Waals surface area contributed by atoms with Gasteiger partial charge in [0.25, 0.3) is 0 Å². The lowest BCUT2D eigenvalue weighted by molar-refractivity contribution is -0.137. The molecule has 0 unspecified atom stereocenters. The van der Waals surface area contributed by atoms with Crippen LogP contribution >= 0.6 is 0 Å². The van der Waals surface area contributed by atoms with E-state index in [0.717, 1.165) is 37.2 Å². The van der Waals surface area contributed by atoms with Gasteiger partial charge in [0.2, 0.25) is 11.8 Å². The number of piperidine rings is 1. The molecule has 0 aromatic heterocycles. The van der Waals surface area contributed by atoms with Gasteiger partial charge in [0, 0.05) is 13.1 Å². The molecule has 0 spiro atoms. The summed E-state index contributed by atoms with van der Waals surface area (Å²) in [6, 6.07) is 7.01. The van der Waals surface area contributed by atoms with E-state index in [1.807, 2.05) is 29.2 Å². The third kappa shape index (κ3) is 6.07. The topological polar surface area (TPSA) is 58.6 Å². The van der Waals surface area contributed by atoms with Gasteiger partial charge < -0.3 is 15.0 Å². The molecular weight excluding hydrogens is 316 g/mol. The lowest BCUT2D eigenvalue weighted by Gasteiger charge is -2.31. The lowest BCUT2D eigenvalue weighted by Crippen LogP contribution is -2.50. The molecule has 2 amide bonds. The number of carbonyl (C=O) groups is 2. The number of nitrogens with zero attached hydrogens (tertiary/aromatic N) is 1. The standard InChI is InChI=1S/C20H30N2O3/c1-15(2)13-18(20(24)22-11-5-4-6-12-22)21-19(23)14-16-7-9-17(25-3)10-8-16/h7-10,15,18H,4-6,11-14H2,1-3H3,(H,21,23)/t18-/m1/s1. The molecule has 1 aromatic carbocycles. The molecule has 1 N–H and O–H groups in total. The van der Waals surface area contributed by atoms with E-state index in [1.165, 1.54) is 6.42 Å². The number of carbonyl (C=O) groups excluding carboxylic acids is 2. The van der Waals surface area contributed by atoms with Crippen molar-refractivity contribution in [1.82, 2.24) is 10.2 Å². The van der Waals surface area contributed by atoms with Crippen molar-refractivity contribution in [3.63, 3.8) is 0 Å². The van der Waals surface area contributed by atoms with Gasteiger partial charge in [-0.1, -0.05) is 26.0 Å². The van der Waals surface area contributed by atoms with Crippen molar-refractivity contribution >= 4 is 11.8 Å². The summed E-state index contributed by atoms with van der Waals surface area (Å²) >= 11 is 0. The van der Waals surface area contributed by atoms with Crippen molar-refractivity contribution < 1.29 is 14.3 Å². The quantitative estimate of drug-likeness (QED) is 0.826. The molecular formula is C20H30N2O3. The van der Waals surface area contributed by atoms with Gasteiger partial charge in [-0.3, -0.25) is 9.59 Å². The average molecular weight is 346 g/mol. The molecule has 2 rings (SSSR count). The Morgan fingerprint density at radius 3 is 2.32 bits per heavy atom. The fourth-order valence-electron chi connectivity index (χ4n) is 3.20. The van der Waals surface area contributed by atoms with Crippen molar-refractivity contribution in [3.8, 4) is 5.75 Å². The highest BCUT2D eigenvalue weighted by Gasteiger charge is 2.27. The Bertz CT molecular complexity index is 563. The molecule has 0 bridgehead atoms. The number of rotatable bonds is 7. The Morgan fingerprint density at radius 2 is 1.76 bits per heavy atom. The third-order valence-electron chi connectivity index (χ3n) is 4.53. The van der Waals surface area contributed by atoms with E-state index in [-0.39, 0.29) is 18.2 Å². The van der Waals surface area contributed by atoms with Gasteiger partial charge in [0.15, 0.2) is 0 Å². The van der Waals surface area contributed by atoms with Crippen LogP contribution < -0.4 is 10.1 Å². The van der Waals surface area contributed by atoms with Crippen LogP contribution in [0, 0.1) is 5.92 Å². The Kier molecular flexibility index (Phi) is 7.29. The van der Waals surface area contributed by atoms with Crippen LogP contribution in [-0.2, 0) is 16.0 Å². The second-order valence-electron chi connectivity index (χ2n) is 7.16. The summed E-state index contributed by atoms with van der Waals surface area (Å²) in [6.07, 6.45) is 4.23. The first-order chi connectivity index (χ1) is 12.0. The molecule has 0 aliphatic carbocycles. The predicted molar refractivity (Wildman–Crippen MR) is 98.5 cm³/mol. The van der Waals surface area contributed by atoms with Crippen LogP contribution in [0.3, 0.4) is 0 Å². The zero-order chi connectivity index (χ0) is 18.2. The van der Waals surface area contributed by atoms with Gasteiger partial charge >= 0.3 is 0 Å². The highest BCUT2D eigenvalue weighted by molar-refractivity contribution is 5.88. The van der Waals surface area contributed by atoms with E-state index in [4.69, 9.17) is 4.74 Å². The van der Waals surface area contributed by atoms with E-state index in [9.17, 15) is 9.59 Å². The number of nitrogens with one attached hydrogen (secondary N) is 1. The van der Waals surface area contributed by atoms with Crippen LogP contribution in [0.25, 0.3) is 0 Å². The van der Waals surface area contributed by atoms with Gasteiger partial charge in [-0.25, -0.2) is 0 Å². The molecule has 1 atom stereocenters. The number of hydrogen-bond donors (Lipinski definition) is 1. The average Bonchev–Trinajstić information content (AvgIpc) is 2.61. The van der Waals surface area contributed by atoms with Crippen molar-refractivity contribution in [1.29, 1.82) is 0 Å². The molecule has 1 heterocycles. The van der Waals surface area contributed by atoms with Gasteiger partial charge in [-0.15, -0.1) is 0 Å². The molecule has 0 radical (unpaired) electrons. The molecule has 1 fully saturated rings. The highest BCUT2D eigenvalue weighted by atomic mass is 16.5. The van der Waals surface area contributed by atoms with E-state index in [1.54, 1.807) is 7.11 Å². The van der Waals surface area contributed by atoms with Gasteiger partial charge in [-0.05, 0) is 49.3 Å². The van der Waals surface area contributed by atoms with Gasteiger partial charge in [0.05, 0.1) is 13.5 Å². The normalized spacial score (nSPS) is 15.8. The van der Waals surface area contributed by atoms with Crippen LogP contribution in [0.1, 0.15) is 45.1 Å². The van der Waals surface area contributed by atoms with Crippen LogP contribution in [-0.4, -0.2) is 43.0 Å². The number of amides is 2. The smallest absolute Gasteiger partial charge is 0.245 e. The Morgan fingerprint density at radius 1 is 1.12 bits per heavy atom. The van der Waals surface area contributed by atoms with Crippen LogP contribution in [0.15, 0.2) is 24.3 Å². The minimum atomic E-state index is -0.427. The number of benzene rings is 1. The largest absolute Gasteiger partial charge is 0.497 e. The monoisotopic (exact) mass is 346 g/mol. The molecule has 25 heavy (non-hydrogen) atoms. The summed E-state index contributed by atoms with van der Waals surface area (Å²) in [5, 5.41) is 2.96. The minimum absolute atomic E-state index is 0.0662. The fourth-order valence-corrected chi connectivity index (χ4v) is 3.20. The maximum Gasteiger partial charge on any atom is 0.245 e. The summed E-state index contributed by atoms with van der Waals surface area (Å²) in [4.78, 5) is 27.1. The molecule has 1 aromatic rings. The van der Waals surface area contributed by atoms with Crippen LogP contribution in [0.4, 0.5) is 0 Å². The molecule has 0 saturated carbocycles. The van der Waals surface area contributed by atoms with Crippen molar-refractivity contribution in [2.75, 3.05) is 20.2 Å². The lowest BCUT2D eigenvalue weighted by atomic mass is 10.0. The Balaban J connectivity index is 1.96. The summed E-state index contributed by atoms with van der Waals surface area (Å²) in [5.41, 5.74) is 0.909. The second-order valence-corrected chi connectivity index (χ2v) is 7.16. The summed E-state index contributed by atoms with van der Waals surface area (Å²) in [6.45, 7) is 5.77. The summed E-state index contributed by atoms with van der Waals surface area (Å²) in [5.74, 6) is 1.07. The zero-order valence-electron chi connectivity index (χ0n) is 15.6. The van der Waals surface area contributed by atoms with Crippen LogP contribution in [0.2, 0.25) is 0 Å². The molecule has 1 aliphatic rings. The molecule has 5 heteroatoms. The van der Waals surface area contributed by atoms with E-state index in [2.05, 4.69) is 19.2 Å². The molecule has 1 saturated heterocycles. The summed E-state index contributed by atoms with van der Waals surface area (Å²) in [7, 11) is 1.62. The van der Waals surface area contributed by atoms with Crippen molar-refractivity contribution in [2.45, 2.75) is 52.0 Å². The second kappa shape index (κ2) is 9.44. The maximum absolute atomic E-state index is 12.8. The number of methoxy groups -OCH3 is 1. The highest BCUT2D eigenvalue weighted by Crippen LogP contribution is 2.15. The van der Waals surface area contributed by atoms with E-state index >= 15 is 0 Å². The first kappa shape index (κ1) is 19.3. The Labute approximate surface area is 150 Å². The number of likely N-dealkylation sites (tertiary alicyclic amines) is 1. The zero-order valence-corrected chi connectivity index (χ0v) is 15.6. The van der Waals surface area contributed by atoms with E-state index in [0.29, 0.717) is 12.3 Å². The molecule has 5 nitrogen and oxygen atoms in total. The van der Waals surface area contributed by atoms with E-state index < -0.39 is 6.04 Å². The maximum atomic E-state index is 12.8. The minimum Gasteiger partial charge on any atom is -0.497 e. The number of ether oxygens (including phenoxy) is 1. The first-order valence-electron chi connectivity index (χ1n) is 9.20. The fraction of sp³-hybridized carbons (Fsp3) is 0.600. The summed E-state index contributed by atoms with van der Waals surface area (Å²) < 4.78 is 5.13. The van der Waals surface area contributed by atoms with Gasteiger partial charge in [0.1, 0.15) is 11.8 Å². The SMILES string of the molecule is COc1ccc(CC(=O)N[C@H](CC(C)C)C(=O)N2CCCCC2)cc1. The third-order valence-corrected chi connectivity index (χ3v) is 4.53. The first-order valence-corrected chi connectivity index (χ1v) is 9.20. The number of hydrogen-bond acceptors (Lipinski definition) is 3. The van der Waals surface area contributed by atoms with Crippen LogP contribution in [0.5, 0.6) is 5.75 Å². The van der Waals surface area contributed by atoms with Gasteiger partial charge in [-0.2, -0.15) is 0 Å². The van der Waals surface area contributed by atoms with Crippen molar-refractivity contribution in [2.24, 2.45) is 5.92 Å².